The molecule has 0 unspecified atom stereocenters. The van der Waals surface area contributed by atoms with Gasteiger partial charge in [0.25, 0.3) is 0 Å². The van der Waals surface area contributed by atoms with Gasteiger partial charge in [0.1, 0.15) is 37.3 Å². The Morgan fingerprint density at radius 2 is 1.44 bits per heavy atom. The third-order valence-electron chi connectivity index (χ3n) is 4.05. The van der Waals surface area contributed by atoms with E-state index in [0.717, 1.165) is 12.1 Å². The van der Waals surface area contributed by atoms with Gasteiger partial charge < -0.3 is 38.6 Å². The summed E-state index contributed by atoms with van der Waals surface area (Å²) in [6.45, 7) is -0.793. The van der Waals surface area contributed by atoms with Crippen molar-refractivity contribution in [3.8, 4) is 0 Å². The van der Waals surface area contributed by atoms with Crippen LogP contribution in [0.4, 0.5) is 28.4 Å². The first-order valence-corrected chi connectivity index (χ1v) is 14.0. The van der Waals surface area contributed by atoms with E-state index in [1.54, 1.807) is 0 Å². The molecule has 2 rings (SSSR count). The van der Waals surface area contributed by atoms with Crippen LogP contribution in [0.1, 0.15) is 0 Å². The SMILES string of the molecule is [2H]N=Nc1c(N)c(N=Nc2ccc(S(=O)(=O)CCO[S-](=O)=O)cc2S(=O)(=O)[O-])cc(S(=O)(=O)[O-])c1N.[Na+].[Na+].[Na+].[OH-]. The maximum absolute atomic E-state index is 12.3. The Morgan fingerprint density at radius 1 is 0.897 bits per heavy atom. The number of hydrogen-bond acceptors (Lipinski definition) is 19. The molecule has 0 atom stereocenters. The van der Waals surface area contributed by atoms with Crippen LogP contribution in [0.5, 0.6) is 0 Å². The Kier molecular flexibility index (Phi) is 18.0. The molecular weight excluding hydrogens is 641 g/mol. The number of hydrogen-bond donors (Lipinski definition) is 3. The number of nitrogen functional groups attached to an aromatic ring is 2. The van der Waals surface area contributed by atoms with Gasteiger partial charge in [-0.05, 0) is 24.3 Å². The first-order chi connectivity index (χ1) is 16.5. The van der Waals surface area contributed by atoms with E-state index in [-0.39, 0.29) is 94.1 Å². The summed E-state index contributed by atoms with van der Waals surface area (Å²) in [5.74, 6) is -0.887. The molecule has 6 N–H and O–H groups in total. The van der Waals surface area contributed by atoms with E-state index < -0.39 is 96.5 Å². The Balaban J connectivity index is -0.00000342. The van der Waals surface area contributed by atoms with E-state index in [9.17, 15) is 42.8 Å². The summed E-state index contributed by atoms with van der Waals surface area (Å²) in [6, 6.07) is 2.60. The van der Waals surface area contributed by atoms with Crippen molar-refractivity contribution in [1.29, 1.82) is 5.52 Å². The van der Waals surface area contributed by atoms with Crippen molar-refractivity contribution in [2.75, 3.05) is 23.8 Å². The zero-order valence-corrected chi connectivity index (χ0v) is 29.5. The van der Waals surface area contributed by atoms with Crippen molar-refractivity contribution >= 4 is 69.5 Å². The van der Waals surface area contributed by atoms with E-state index in [0.29, 0.717) is 12.1 Å². The van der Waals surface area contributed by atoms with Gasteiger partial charge in [-0.1, -0.05) is 0 Å². The fourth-order valence-corrected chi connectivity index (χ4v) is 5.24. The van der Waals surface area contributed by atoms with Gasteiger partial charge in [0.2, 0.25) is 1.41 Å². The van der Waals surface area contributed by atoms with Crippen LogP contribution in [0, 0.1) is 5.52 Å². The maximum atomic E-state index is 12.3. The van der Waals surface area contributed by atoms with Crippen LogP contribution >= 0.6 is 0 Å². The maximum Gasteiger partial charge on any atom is 1.00 e. The molecule has 2 aromatic carbocycles. The van der Waals surface area contributed by atoms with Gasteiger partial charge in [0, 0.05) is 6.61 Å². The molecule has 0 bridgehead atoms. The molecule has 0 radical (unpaired) electrons. The van der Waals surface area contributed by atoms with E-state index in [2.05, 4.69) is 25.0 Å². The summed E-state index contributed by atoms with van der Waals surface area (Å²) in [5, 5.41) is 10.2. The third-order valence-corrected chi connectivity index (χ3v) is 7.82. The first kappa shape index (κ1) is 41.0. The molecule has 2 aromatic rings. The Labute approximate surface area is 292 Å². The molecule has 25 heteroatoms. The van der Waals surface area contributed by atoms with Crippen molar-refractivity contribution in [3.63, 3.8) is 0 Å². The number of nitrogens with one attached hydrogen (secondary N) is 1. The van der Waals surface area contributed by atoms with Crippen LogP contribution < -0.4 is 100 Å². The molecule has 0 spiro atoms. The second-order valence-corrected chi connectivity index (χ2v) is 11.7. The molecule has 18 nitrogen and oxygen atoms in total. The molecule has 0 saturated carbocycles. The normalized spacial score (nSPS) is 12.2. The first-order valence-electron chi connectivity index (χ1n) is 8.93. The Morgan fingerprint density at radius 3 is 1.92 bits per heavy atom. The number of anilines is 2. The van der Waals surface area contributed by atoms with E-state index in [1.165, 1.54) is 0 Å². The number of benzene rings is 2. The van der Waals surface area contributed by atoms with Gasteiger partial charge >= 0.3 is 88.7 Å². The molecule has 0 aliphatic heterocycles. The fraction of sp³-hybridized carbons (Fsp3) is 0.143. The third kappa shape index (κ3) is 11.6. The molecule has 0 heterocycles. The zero-order chi connectivity index (χ0) is 27.5. The quantitative estimate of drug-likeness (QED) is 0.0703. The monoisotopic (exact) mass is 656 g/mol. The number of nitrogens with two attached hydrogens (primary N) is 2. The van der Waals surface area contributed by atoms with E-state index >= 15 is 0 Å². The minimum absolute atomic E-state index is 0. The van der Waals surface area contributed by atoms with Crippen LogP contribution in [0.25, 0.3) is 0 Å². The smallest absolute Gasteiger partial charge is 0.870 e. The Hall–Kier alpha value is -0.120. The van der Waals surface area contributed by atoms with Crippen LogP contribution in [-0.4, -0.2) is 52.2 Å². The van der Waals surface area contributed by atoms with Crippen LogP contribution in [-0.2, 0) is 53.7 Å². The topological polar surface area (TPSA) is 335 Å². The van der Waals surface area contributed by atoms with Crippen molar-refractivity contribution in [3.05, 3.63) is 24.3 Å². The molecule has 0 aliphatic carbocycles. The molecule has 200 valence electrons. The molecule has 0 aromatic heterocycles. The second kappa shape index (κ2) is 17.1. The summed E-state index contributed by atoms with van der Waals surface area (Å²) in [4.78, 5) is -2.93. The van der Waals surface area contributed by atoms with Gasteiger partial charge in [-0.2, -0.15) is 5.11 Å². The van der Waals surface area contributed by atoms with Crippen LogP contribution in [0.3, 0.4) is 0 Å². The van der Waals surface area contributed by atoms with Gasteiger partial charge in [0.05, 0.1) is 42.8 Å². The van der Waals surface area contributed by atoms with Gasteiger partial charge in [-0.3, -0.25) is 0 Å². The molecule has 0 fully saturated rings. The van der Waals surface area contributed by atoms with Gasteiger partial charge in [-0.15, -0.1) is 10.2 Å². The number of azo groups is 1. The van der Waals surface area contributed by atoms with Gasteiger partial charge in [0.15, 0.2) is 9.84 Å². The number of sulfone groups is 1. The van der Waals surface area contributed by atoms with Crippen molar-refractivity contribution in [2.24, 2.45) is 15.3 Å². The van der Waals surface area contributed by atoms with Crippen LogP contribution in [0.2, 0.25) is 1.41 Å². The second-order valence-electron chi connectivity index (χ2n) is 6.25. The summed E-state index contributed by atoms with van der Waals surface area (Å²) >= 11 is 0. The molecule has 0 aliphatic rings. The predicted octanol–water partition coefficient (Wildman–Crippen LogP) is -8.41. The summed E-state index contributed by atoms with van der Waals surface area (Å²) in [6.07, 6.45) is 0. The fourth-order valence-electron chi connectivity index (χ4n) is 2.47. The van der Waals surface area contributed by atoms with Crippen molar-refractivity contribution < 1.29 is 143 Å². The average Bonchev–Trinajstić information content (AvgIpc) is 2.74. The van der Waals surface area contributed by atoms with Crippen molar-refractivity contribution in [2.45, 2.75) is 14.7 Å². The minimum Gasteiger partial charge on any atom is -0.870 e. The summed E-state index contributed by atoms with van der Waals surface area (Å²) in [7, 11) is -17.9. The number of nitrogens with zero attached hydrogens (tertiary/aromatic N) is 3. The summed E-state index contributed by atoms with van der Waals surface area (Å²) < 4.78 is 126. The molecule has 0 amide bonds. The molecule has 39 heavy (non-hydrogen) atoms. The predicted molar refractivity (Wildman–Crippen MR) is 115 cm³/mol. The van der Waals surface area contributed by atoms with Crippen molar-refractivity contribution in [1.82, 2.24) is 0 Å². The zero-order valence-electron chi connectivity index (χ0n) is 21.2. The van der Waals surface area contributed by atoms with Gasteiger partial charge in [-0.25, -0.2) is 30.8 Å². The largest absolute Gasteiger partial charge is 1.00 e. The molecule has 0 saturated heterocycles. The number of rotatable bonds is 10. The molecular formula is C14H14N6Na3O12S4-. The van der Waals surface area contributed by atoms with Crippen LogP contribution in [0.15, 0.2) is 54.3 Å². The summed E-state index contributed by atoms with van der Waals surface area (Å²) in [5.41, 5.74) is 10.7. The standard InChI is InChI=1S/C14H15N6O11S4.3Na.H2O/c15-12-9(6-11(35(28,29)30)13(16)14(12)18-17)20-19-8-2-1-7(5-10(8)34(25,26)27)33(23,24)4-3-31-32(21)22;;;;/h1-2,5-6,17H,3-4,15-16H2,(H,25,26,27)(H,28,29,30);;;;1H2/q-1;3*+1;/p-3/i/hD. The average molecular weight is 657 g/mol. The van der Waals surface area contributed by atoms with E-state index in [4.69, 9.17) is 12.9 Å². The minimum atomic E-state index is -5.37. The Bertz CT molecular complexity index is 1660. The van der Waals surface area contributed by atoms with E-state index in [1.807, 2.05) is 0 Å².